The monoisotopic (exact) mass is 226 g/mol. The fraction of sp³-hybridized carbons (Fsp3) is 0.500. The van der Waals surface area contributed by atoms with E-state index in [4.69, 9.17) is 14.2 Å². The van der Waals surface area contributed by atoms with Crippen LogP contribution in [0.2, 0.25) is 0 Å². The Morgan fingerprint density at radius 2 is 1.94 bits per heavy atom. The summed E-state index contributed by atoms with van der Waals surface area (Å²) < 4.78 is 28.9. The van der Waals surface area contributed by atoms with Gasteiger partial charge in [0.25, 0.3) is 0 Å². The van der Waals surface area contributed by atoms with E-state index in [9.17, 15) is 4.39 Å². The fourth-order valence-electron chi connectivity index (χ4n) is 1.64. The van der Waals surface area contributed by atoms with E-state index in [1.165, 1.54) is 13.2 Å². The van der Waals surface area contributed by atoms with Gasteiger partial charge in [-0.05, 0) is 24.5 Å². The lowest BCUT2D eigenvalue weighted by atomic mass is 10.1. The Balaban J connectivity index is 2.15. The van der Waals surface area contributed by atoms with Crippen molar-refractivity contribution in [2.45, 2.75) is 18.9 Å². The average molecular weight is 226 g/mol. The molecule has 0 aliphatic carbocycles. The molecule has 88 valence electrons. The molecule has 16 heavy (non-hydrogen) atoms. The van der Waals surface area contributed by atoms with Crippen molar-refractivity contribution in [1.82, 2.24) is 0 Å². The third kappa shape index (κ3) is 2.44. The summed E-state index contributed by atoms with van der Waals surface area (Å²) in [5.74, 6) is 0.736. The van der Waals surface area contributed by atoms with Gasteiger partial charge in [0.05, 0.1) is 26.9 Å². The molecule has 0 N–H and O–H groups in total. The fourth-order valence-corrected chi connectivity index (χ4v) is 1.64. The van der Waals surface area contributed by atoms with Gasteiger partial charge in [0.2, 0.25) is 0 Å². The molecule has 0 radical (unpaired) electrons. The number of methoxy groups -OCH3 is 2. The minimum atomic E-state index is -0.252. The summed E-state index contributed by atoms with van der Waals surface area (Å²) in [6.07, 6.45) is 1.83. The molecule has 1 aliphatic rings. The number of hydrogen-bond donors (Lipinski definition) is 0. The lowest BCUT2D eigenvalue weighted by Gasteiger charge is -2.10. The van der Waals surface area contributed by atoms with Crippen LogP contribution in [-0.4, -0.2) is 26.9 Å². The predicted octanol–water partition coefficient (Wildman–Crippen LogP) is 2.17. The number of rotatable bonds is 5. The second-order valence-corrected chi connectivity index (χ2v) is 3.79. The highest BCUT2D eigenvalue weighted by atomic mass is 19.1. The van der Waals surface area contributed by atoms with Crippen LogP contribution in [0.1, 0.15) is 12.0 Å². The molecule has 1 aromatic rings. The highest BCUT2D eigenvalue weighted by molar-refractivity contribution is 5.43. The van der Waals surface area contributed by atoms with Gasteiger partial charge in [-0.3, -0.25) is 0 Å². The molecule has 0 aromatic heterocycles. The molecule has 1 fully saturated rings. The Hall–Kier alpha value is -1.29. The molecular weight excluding hydrogens is 211 g/mol. The maximum atomic E-state index is 13.6. The minimum Gasteiger partial charge on any atom is -0.493 e. The van der Waals surface area contributed by atoms with Crippen LogP contribution in [0.15, 0.2) is 12.1 Å². The van der Waals surface area contributed by atoms with Crippen molar-refractivity contribution >= 4 is 0 Å². The molecule has 1 atom stereocenters. The van der Waals surface area contributed by atoms with Crippen LogP contribution in [0.5, 0.6) is 11.5 Å². The zero-order chi connectivity index (χ0) is 11.5. The smallest absolute Gasteiger partial charge is 0.163 e. The van der Waals surface area contributed by atoms with Crippen LogP contribution in [-0.2, 0) is 11.2 Å². The van der Waals surface area contributed by atoms with Crippen molar-refractivity contribution in [1.29, 1.82) is 0 Å². The molecule has 0 amide bonds. The molecule has 0 saturated carbocycles. The molecule has 1 heterocycles. The third-order valence-corrected chi connectivity index (χ3v) is 2.69. The summed E-state index contributed by atoms with van der Waals surface area (Å²) in [6, 6.07) is 3.05. The first-order valence-corrected chi connectivity index (χ1v) is 5.26. The topological polar surface area (TPSA) is 31.0 Å². The van der Waals surface area contributed by atoms with E-state index in [1.54, 1.807) is 13.2 Å². The van der Waals surface area contributed by atoms with Crippen LogP contribution >= 0.6 is 0 Å². The Morgan fingerprint density at radius 3 is 2.50 bits per heavy atom. The van der Waals surface area contributed by atoms with Gasteiger partial charge in [0.1, 0.15) is 5.82 Å². The average Bonchev–Trinajstić information content (AvgIpc) is 3.11. The maximum absolute atomic E-state index is 13.6. The van der Waals surface area contributed by atoms with E-state index in [-0.39, 0.29) is 5.82 Å². The van der Waals surface area contributed by atoms with E-state index >= 15 is 0 Å². The van der Waals surface area contributed by atoms with Crippen molar-refractivity contribution in [3.63, 3.8) is 0 Å². The third-order valence-electron chi connectivity index (χ3n) is 2.69. The lowest BCUT2D eigenvalue weighted by Crippen LogP contribution is -1.98. The van der Waals surface area contributed by atoms with Crippen molar-refractivity contribution in [3.8, 4) is 11.5 Å². The summed E-state index contributed by atoms with van der Waals surface area (Å²) >= 11 is 0. The van der Waals surface area contributed by atoms with Crippen molar-refractivity contribution < 1.29 is 18.6 Å². The van der Waals surface area contributed by atoms with Crippen LogP contribution < -0.4 is 9.47 Å². The van der Waals surface area contributed by atoms with Gasteiger partial charge in [0, 0.05) is 6.07 Å². The highest BCUT2D eigenvalue weighted by Gasteiger charge is 2.22. The predicted molar refractivity (Wildman–Crippen MR) is 57.6 cm³/mol. The number of benzene rings is 1. The number of epoxide rings is 1. The van der Waals surface area contributed by atoms with Crippen LogP contribution in [0, 0.1) is 5.82 Å². The van der Waals surface area contributed by atoms with E-state index in [0.29, 0.717) is 29.6 Å². The highest BCUT2D eigenvalue weighted by Crippen LogP contribution is 2.31. The van der Waals surface area contributed by atoms with Crippen LogP contribution in [0.3, 0.4) is 0 Å². The number of ether oxygens (including phenoxy) is 3. The number of hydrogen-bond acceptors (Lipinski definition) is 3. The van der Waals surface area contributed by atoms with Crippen molar-refractivity contribution in [3.05, 3.63) is 23.5 Å². The van der Waals surface area contributed by atoms with Gasteiger partial charge in [0.15, 0.2) is 11.5 Å². The number of halogens is 1. The summed E-state index contributed by atoms with van der Waals surface area (Å²) in [7, 11) is 3.04. The normalized spacial score (nSPS) is 18.3. The Bertz CT molecular complexity index is 375. The zero-order valence-corrected chi connectivity index (χ0v) is 9.46. The zero-order valence-electron chi connectivity index (χ0n) is 9.46. The summed E-state index contributed by atoms with van der Waals surface area (Å²) in [4.78, 5) is 0. The first-order chi connectivity index (χ1) is 7.74. The Morgan fingerprint density at radius 1 is 1.31 bits per heavy atom. The molecule has 1 unspecified atom stereocenters. The van der Waals surface area contributed by atoms with Crippen molar-refractivity contribution in [2.75, 3.05) is 20.8 Å². The van der Waals surface area contributed by atoms with Gasteiger partial charge < -0.3 is 14.2 Å². The minimum absolute atomic E-state index is 0.252. The second-order valence-electron chi connectivity index (χ2n) is 3.79. The van der Waals surface area contributed by atoms with E-state index in [1.807, 2.05) is 0 Å². The molecule has 4 heteroatoms. The first kappa shape index (κ1) is 11.2. The van der Waals surface area contributed by atoms with Crippen molar-refractivity contribution in [2.24, 2.45) is 0 Å². The molecule has 2 rings (SSSR count). The molecule has 1 aromatic carbocycles. The lowest BCUT2D eigenvalue weighted by molar-refractivity contribution is 0.351. The molecule has 1 saturated heterocycles. The van der Waals surface area contributed by atoms with Gasteiger partial charge in [-0.2, -0.15) is 0 Å². The van der Waals surface area contributed by atoms with Crippen LogP contribution in [0.4, 0.5) is 4.39 Å². The Kier molecular flexibility index (Phi) is 3.29. The molecule has 0 bridgehead atoms. The number of aryl methyl sites for hydroxylation is 1. The first-order valence-electron chi connectivity index (χ1n) is 5.26. The van der Waals surface area contributed by atoms with Gasteiger partial charge in [-0.1, -0.05) is 0 Å². The maximum Gasteiger partial charge on any atom is 0.163 e. The van der Waals surface area contributed by atoms with Crippen LogP contribution in [0.25, 0.3) is 0 Å². The second kappa shape index (κ2) is 4.70. The Labute approximate surface area is 94.1 Å². The summed E-state index contributed by atoms with van der Waals surface area (Å²) in [6.45, 7) is 0.801. The molecule has 1 aliphatic heterocycles. The molecule has 0 spiro atoms. The van der Waals surface area contributed by atoms with E-state index < -0.39 is 0 Å². The summed E-state index contributed by atoms with van der Waals surface area (Å²) in [5.41, 5.74) is 0.646. The SMILES string of the molecule is COc1cc(F)c(CCC2CO2)cc1OC. The molecule has 3 nitrogen and oxygen atoms in total. The van der Waals surface area contributed by atoms with Gasteiger partial charge in [-0.25, -0.2) is 4.39 Å². The van der Waals surface area contributed by atoms with Gasteiger partial charge >= 0.3 is 0 Å². The van der Waals surface area contributed by atoms with E-state index in [2.05, 4.69) is 0 Å². The standard InChI is InChI=1S/C12H15FO3/c1-14-11-5-8(3-4-9-7-16-9)10(13)6-12(11)15-2/h5-6,9H,3-4,7H2,1-2H3. The molecular formula is C12H15FO3. The largest absolute Gasteiger partial charge is 0.493 e. The quantitative estimate of drug-likeness (QED) is 0.721. The summed E-state index contributed by atoms with van der Waals surface area (Å²) in [5, 5.41) is 0. The van der Waals surface area contributed by atoms with Gasteiger partial charge in [-0.15, -0.1) is 0 Å². The van der Waals surface area contributed by atoms with E-state index in [0.717, 1.165) is 13.0 Å².